The van der Waals surface area contributed by atoms with E-state index in [2.05, 4.69) is 38.2 Å². The van der Waals surface area contributed by atoms with E-state index in [0.29, 0.717) is 13.0 Å². The van der Waals surface area contributed by atoms with Crippen LogP contribution in [0.3, 0.4) is 0 Å². The average molecular weight is 830 g/mol. The van der Waals surface area contributed by atoms with Gasteiger partial charge in [-0.05, 0) is 64.2 Å². The largest absolute Gasteiger partial charge is 0.480 e. The van der Waals surface area contributed by atoms with E-state index in [1.807, 2.05) is 0 Å². The Hall–Kier alpha value is -1.55. The van der Waals surface area contributed by atoms with Crippen molar-refractivity contribution < 1.29 is 42.7 Å². The second-order valence-electron chi connectivity index (χ2n) is 15.9. The standard InChI is InChI=1S/C46H88NO9P/c1-3-5-7-9-11-13-15-17-19-21-22-24-26-28-30-32-34-36-38-45(48)56-43(41-54-57(51,52)55-42-44(47)46(49)50)40-53-39-37-35-33-31-29-27-25-23-20-18-16-14-12-10-8-6-4-2/h19-21,23,43-44H,3-18,22,24-42,47H2,1-2H3,(H,49,50)(H,51,52)/b21-19-,23-20-. The molecule has 0 aromatic rings. The molecular weight excluding hydrogens is 741 g/mol. The van der Waals surface area contributed by atoms with Crippen molar-refractivity contribution in [3.63, 3.8) is 0 Å². The number of phosphoric acid groups is 1. The van der Waals surface area contributed by atoms with Crippen LogP contribution < -0.4 is 5.73 Å². The number of carbonyl (C=O) groups excluding carboxylic acids is 1. The van der Waals surface area contributed by atoms with Gasteiger partial charge in [0.15, 0.2) is 0 Å². The molecule has 0 spiro atoms. The maximum Gasteiger partial charge on any atom is 0.472 e. The highest BCUT2D eigenvalue weighted by Crippen LogP contribution is 2.43. The van der Waals surface area contributed by atoms with Crippen LogP contribution in [0.5, 0.6) is 0 Å². The Morgan fingerprint density at radius 2 is 0.912 bits per heavy atom. The van der Waals surface area contributed by atoms with Gasteiger partial charge in [-0.1, -0.05) is 173 Å². The lowest BCUT2D eigenvalue weighted by Gasteiger charge is -2.20. The van der Waals surface area contributed by atoms with Crippen molar-refractivity contribution in [2.45, 2.75) is 231 Å². The smallest absolute Gasteiger partial charge is 0.472 e. The number of hydrogen-bond donors (Lipinski definition) is 3. The van der Waals surface area contributed by atoms with Crippen LogP contribution in [0.4, 0.5) is 0 Å². The number of aliphatic carboxylic acids is 1. The molecule has 0 aliphatic carbocycles. The highest BCUT2D eigenvalue weighted by Gasteiger charge is 2.27. The highest BCUT2D eigenvalue weighted by molar-refractivity contribution is 7.47. The first-order valence-electron chi connectivity index (χ1n) is 23.4. The molecule has 0 saturated heterocycles. The van der Waals surface area contributed by atoms with Crippen LogP contribution in [0.1, 0.15) is 219 Å². The number of carboxylic acids is 1. The van der Waals surface area contributed by atoms with E-state index < -0.39 is 45.1 Å². The monoisotopic (exact) mass is 830 g/mol. The van der Waals surface area contributed by atoms with E-state index in [-0.39, 0.29) is 13.0 Å². The zero-order chi connectivity index (χ0) is 41.9. The predicted octanol–water partition coefficient (Wildman–Crippen LogP) is 13.1. The van der Waals surface area contributed by atoms with Crippen LogP contribution in [0.2, 0.25) is 0 Å². The number of unbranched alkanes of at least 4 members (excludes halogenated alkanes) is 27. The van der Waals surface area contributed by atoms with Crippen LogP contribution in [0.25, 0.3) is 0 Å². The van der Waals surface area contributed by atoms with Crippen molar-refractivity contribution in [2.24, 2.45) is 5.73 Å². The molecule has 0 amide bonds. The average Bonchev–Trinajstić information content (AvgIpc) is 3.19. The number of hydrogen-bond acceptors (Lipinski definition) is 8. The molecule has 0 bridgehead atoms. The maximum atomic E-state index is 12.7. The Labute approximate surface area is 349 Å². The van der Waals surface area contributed by atoms with E-state index in [9.17, 15) is 19.0 Å². The van der Waals surface area contributed by atoms with Gasteiger partial charge in [-0.25, -0.2) is 4.57 Å². The Kier molecular flexibility index (Phi) is 41.4. The van der Waals surface area contributed by atoms with E-state index in [1.165, 1.54) is 141 Å². The summed E-state index contributed by atoms with van der Waals surface area (Å²) in [7, 11) is -4.62. The number of rotatable bonds is 45. The van der Waals surface area contributed by atoms with Gasteiger partial charge in [0.1, 0.15) is 12.1 Å². The molecule has 3 unspecified atom stereocenters. The van der Waals surface area contributed by atoms with Gasteiger partial charge in [-0.3, -0.25) is 18.6 Å². The summed E-state index contributed by atoms with van der Waals surface area (Å²) in [6, 6.07) is -1.47. The normalized spacial score (nSPS) is 14.0. The molecular formula is C46H88NO9P. The van der Waals surface area contributed by atoms with Gasteiger partial charge in [-0.2, -0.15) is 0 Å². The van der Waals surface area contributed by atoms with Crippen LogP contribution in [0.15, 0.2) is 24.3 Å². The minimum Gasteiger partial charge on any atom is -0.480 e. The summed E-state index contributed by atoms with van der Waals surface area (Å²) in [6.45, 7) is 3.88. The second-order valence-corrected chi connectivity index (χ2v) is 17.3. The number of phosphoric ester groups is 1. The minimum absolute atomic E-state index is 0.0138. The first-order chi connectivity index (χ1) is 27.7. The number of ether oxygens (including phenoxy) is 2. The van der Waals surface area contributed by atoms with Crippen molar-refractivity contribution in [1.82, 2.24) is 0 Å². The molecule has 0 radical (unpaired) electrons. The zero-order valence-electron chi connectivity index (χ0n) is 36.7. The number of carbonyl (C=O) groups is 2. The number of nitrogens with two attached hydrogens (primary N) is 1. The molecule has 10 nitrogen and oxygen atoms in total. The molecule has 0 saturated carbocycles. The third kappa shape index (κ3) is 42.4. The summed E-state index contributed by atoms with van der Waals surface area (Å²) < 4.78 is 33.4. The lowest BCUT2D eigenvalue weighted by molar-refractivity contribution is -0.154. The highest BCUT2D eigenvalue weighted by atomic mass is 31.2. The van der Waals surface area contributed by atoms with Gasteiger partial charge in [0.05, 0.1) is 19.8 Å². The molecule has 0 rings (SSSR count). The van der Waals surface area contributed by atoms with Crippen molar-refractivity contribution in [1.29, 1.82) is 0 Å². The van der Waals surface area contributed by atoms with Crippen molar-refractivity contribution >= 4 is 19.8 Å². The lowest BCUT2D eigenvalue weighted by atomic mass is 10.1. The number of allylic oxidation sites excluding steroid dienone is 4. The molecule has 0 heterocycles. The third-order valence-electron chi connectivity index (χ3n) is 10.2. The molecule has 11 heteroatoms. The number of esters is 1. The van der Waals surface area contributed by atoms with Gasteiger partial charge in [0.2, 0.25) is 0 Å². The fourth-order valence-electron chi connectivity index (χ4n) is 6.53. The molecule has 3 atom stereocenters. The third-order valence-corrected chi connectivity index (χ3v) is 11.2. The SMILES string of the molecule is CCCCCCCCC/C=C\CCCCCCCCCC(=O)OC(COCCCCCCCC/C=C\CCCCCCCCC)COP(=O)(O)OCC(N)C(=O)O. The molecule has 0 aliphatic heterocycles. The minimum atomic E-state index is -4.62. The molecule has 0 aliphatic rings. The maximum absolute atomic E-state index is 12.7. The summed E-state index contributed by atoms with van der Waals surface area (Å²) in [5.74, 6) is -1.78. The second kappa shape index (κ2) is 42.6. The molecule has 0 fully saturated rings. The van der Waals surface area contributed by atoms with Crippen molar-refractivity contribution in [3.05, 3.63) is 24.3 Å². The Morgan fingerprint density at radius 1 is 0.544 bits per heavy atom. The van der Waals surface area contributed by atoms with E-state index in [4.69, 9.17) is 29.4 Å². The van der Waals surface area contributed by atoms with Crippen LogP contribution in [-0.2, 0) is 32.7 Å². The lowest BCUT2D eigenvalue weighted by Crippen LogP contribution is -2.34. The van der Waals surface area contributed by atoms with Gasteiger partial charge in [0, 0.05) is 13.0 Å². The van der Waals surface area contributed by atoms with Gasteiger partial charge < -0.3 is 25.2 Å². The topological polar surface area (TPSA) is 155 Å². The van der Waals surface area contributed by atoms with E-state index in [1.54, 1.807) is 0 Å². The van der Waals surface area contributed by atoms with Gasteiger partial charge >= 0.3 is 19.8 Å². The fraction of sp³-hybridized carbons (Fsp3) is 0.870. The Morgan fingerprint density at radius 3 is 1.33 bits per heavy atom. The molecule has 336 valence electrons. The Balaban J connectivity index is 4.20. The van der Waals surface area contributed by atoms with Gasteiger partial charge in [0.25, 0.3) is 0 Å². The van der Waals surface area contributed by atoms with Crippen LogP contribution in [-0.4, -0.2) is 60.5 Å². The summed E-state index contributed by atoms with van der Waals surface area (Å²) in [5.41, 5.74) is 5.36. The van der Waals surface area contributed by atoms with Crippen LogP contribution in [0, 0.1) is 0 Å². The first-order valence-corrected chi connectivity index (χ1v) is 24.9. The van der Waals surface area contributed by atoms with E-state index in [0.717, 1.165) is 51.4 Å². The van der Waals surface area contributed by atoms with E-state index >= 15 is 0 Å². The fourth-order valence-corrected chi connectivity index (χ4v) is 7.31. The van der Waals surface area contributed by atoms with Crippen LogP contribution >= 0.6 is 7.82 Å². The Bertz CT molecular complexity index is 1010. The summed E-state index contributed by atoms with van der Waals surface area (Å²) in [5, 5.41) is 8.91. The molecule has 4 N–H and O–H groups in total. The molecule has 57 heavy (non-hydrogen) atoms. The summed E-state index contributed by atoms with van der Waals surface area (Å²) in [6.07, 6.45) is 46.5. The zero-order valence-corrected chi connectivity index (χ0v) is 37.6. The summed E-state index contributed by atoms with van der Waals surface area (Å²) in [4.78, 5) is 33.6. The number of carboxylic acid groups (broad SMARTS) is 1. The van der Waals surface area contributed by atoms with Crippen molar-refractivity contribution in [3.8, 4) is 0 Å². The quantitative estimate of drug-likeness (QED) is 0.0234. The predicted molar refractivity (Wildman–Crippen MR) is 235 cm³/mol. The molecule has 0 aromatic carbocycles. The van der Waals surface area contributed by atoms with Gasteiger partial charge in [-0.15, -0.1) is 0 Å². The first kappa shape index (κ1) is 55.5. The molecule has 0 aromatic heterocycles. The summed E-state index contributed by atoms with van der Waals surface area (Å²) >= 11 is 0. The van der Waals surface area contributed by atoms with Crippen molar-refractivity contribution in [2.75, 3.05) is 26.4 Å².